The molecule has 0 aromatic carbocycles. The molecule has 1 aliphatic rings. The number of aromatic nitrogens is 3. The van der Waals surface area contributed by atoms with Crippen molar-refractivity contribution in [2.75, 3.05) is 5.75 Å². The minimum Gasteiger partial charge on any atom is -0.352 e. The molecular formula is C17H24N4OS2. The lowest BCUT2D eigenvalue weighted by atomic mass is 9.86. The quantitative estimate of drug-likeness (QED) is 0.792. The Bertz CT molecular complexity index is 668. The highest BCUT2D eigenvalue weighted by molar-refractivity contribution is 7.99. The SMILES string of the molecule is CCn1c(SCC(=O)N[C@@H]2CCCC[C@H]2C)nnc1-c1cccs1. The minimum atomic E-state index is 0.0991. The molecule has 0 bridgehead atoms. The van der Waals surface area contributed by atoms with Gasteiger partial charge in [0.2, 0.25) is 5.91 Å². The molecular weight excluding hydrogens is 340 g/mol. The molecule has 1 aliphatic carbocycles. The monoisotopic (exact) mass is 364 g/mol. The molecule has 0 saturated heterocycles. The van der Waals surface area contributed by atoms with Gasteiger partial charge >= 0.3 is 0 Å². The molecule has 130 valence electrons. The summed E-state index contributed by atoms with van der Waals surface area (Å²) in [5.41, 5.74) is 0. The maximum Gasteiger partial charge on any atom is 0.230 e. The fourth-order valence-corrected chi connectivity index (χ4v) is 4.71. The van der Waals surface area contributed by atoms with E-state index in [1.165, 1.54) is 31.0 Å². The first-order valence-electron chi connectivity index (χ1n) is 8.58. The highest BCUT2D eigenvalue weighted by Crippen LogP contribution is 2.27. The number of hydrogen-bond acceptors (Lipinski definition) is 5. The van der Waals surface area contributed by atoms with Crippen LogP contribution in [0.3, 0.4) is 0 Å². The van der Waals surface area contributed by atoms with Gasteiger partial charge in [0.05, 0.1) is 10.6 Å². The number of carbonyl (C=O) groups excluding carboxylic acids is 1. The molecule has 3 rings (SSSR count). The molecule has 0 unspecified atom stereocenters. The van der Waals surface area contributed by atoms with Gasteiger partial charge in [0.15, 0.2) is 11.0 Å². The highest BCUT2D eigenvalue weighted by atomic mass is 32.2. The van der Waals surface area contributed by atoms with Gasteiger partial charge in [0.25, 0.3) is 0 Å². The number of thioether (sulfide) groups is 1. The normalized spacial score (nSPS) is 20.9. The Balaban J connectivity index is 1.59. The van der Waals surface area contributed by atoms with Crippen LogP contribution in [0.4, 0.5) is 0 Å². The van der Waals surface area contributed by atoms with Gasteiger partial charge in [-0.25, -0.2) is 0 Å². The molecule has 1 saturated carbocycles. The zero-order valence-corrected chi connectivity index (χ0v) is 15.8. The number of nitrogens with one attached hydrogen (secondary N) is 1. The highest BCUT2D eigenvalue weighted by Gasteiger charge is 2.23. The predicted octanol–water partition coefficient (Wildman–Crippen LogP) is 3.81. The fraction of sp³-hybridized carbons (Fsp3) is 0.588. The molecule has 2 aromatic rings. The third kappa shape index (κ3) is 4.00. The lowest BCUT2D eigenvalue weighted by molar-refractivity contribution is -0.119. The summed E-state index contributed by atoms with van der Waals surface area (Å²) in [6.45, 7) is 5.11. The molecule has 1 fully saturated rings. The van der Waals surface area contributed by atoms with Crippen molar-refractivity contribution in [2.45, 2.75) is 57.3 Å². The number of amides is 1. The van der Waals surface area contributed by atoms with Crippen LogP contribution in [0.25, 0.3) is 10.7 Å². The van der Waals surface area contributed by atoms with Crippen LogP contribution >= 0.6 is 23.1 Å². The lowest BCUT2D eigenvalue weighted by Crippen LogP contribution is -2.41. The number of carbonyl (C=O) groups is 1. The van der Waals surface area contributed by atoms with Crippen LogP contribution < -0.4 is 5.32 Å². The van der Waals surface area contributed by atoms with Crippen LogP contribution in [0, 0.1) is 5.92 Å². The summed E-state index contributed by atoms with van der Waals surface area (Å²) in [5, 5.41) is 14.6. The summed E-state index contributed by atoms with van der Waals surface area (Å²) < 4.78 is 2.08. The second-order valence-corrected chi connectivity index (χ2v) is 8.14. The summed E-state index contributed by atoms with van der Waals surface area (Å²) in [7, 11) is 0. The van der Waals surface area contributed by atoms with Gasteiger partial charge in [0.1, 0.15) is 0 Å². The van der Waals surface area contributed by atoms with Crippen LogP contribution in [0.5, 0.6) is 0 Å². The van der Waals surface area contributed by atoms with Crippen molar-refractivity contribution in [3.63, 3.8) is 0 Å². The average Bonchev–Trinajstić information content (AvgIpc) is 3.23. The van der Waals surface area contributed by atoms with Crippen molar-refractivity contribution in [1.29, 1.82) is 0 Å². The first-order valence-corrected chi connectivity index (χ1v) is 10.4. The summed E-state index contributed by atoms with van der Waals surface area (Å²) >= 11 is 3.12. The number of rotatable bonds is 6. The van der Waals surface area contributed by atoms with E-state index in [4.69, 9.17) is 0 Å². The fourth-order valence-electron chi connectivity index (χ4n) is 3.18. The minimum absolute atomic E-state index is 0.0991. The maximum atomic E-state index is 12.3. The van der Waals surface area contributed by atoms with E-state index in [0.29, 0.717) is 17.7 Å². The first-order chi connectivity index (χ1) is 11.7. The van der Waals surface area contributed by atoms with E-state index in [1.807, 2.05) is 17.5 Å². The van der Waals surface area contributed by atoms with E-state index in [0.717, 1.165) is 28.8 Å². The Morgan fingerprint density at radius 3 is 2.96 bits per heavy atom. The Morgan fingerprint density at radius 2 is 2.25 bits per heavy atom. The molecule has 0 aliphatic heterocycles. The van der Waals surface area contributed by atoms with Crippen LogP contribution in [0.1, 0.15) is 39.5 Å². The number of thiophene rings is 1. The smallest absolute Gasteiger partial charge is 0.230 e. The average molecular weight is 365 g/mol. The molecule has 7 heteroatoms. The zero-order valence-electron chi connectivity index (χ0n) is 14.2. The number of nitrogens with zero attached hydrogens (tertiary/aromatic N) is 3. The van der Waals surface area contributed by atoms with E-state index < -0.39 is 0 Å². The van der Waals surface area contributed by atoms with Gasteiger partial charge in [-0.2, -0.15) is 0 Å². The third-order valence-corrected chi connectivity index (χ3v) is 6.40. The van der Waals surface area contributed by atoms with E-state index in [-0.39, 0.29) is 5.91 Å². The van der Waals surface area contributed by atoms with Gasteiger partial charge in [-0.15, -0.1) is 21.5 Å². The van der Waals surface area contributed by atoms with E-state index in [1.54, 1.807) is 11.3 Å². The van der Waals surface area contributed by atoms with Crippen molar-refractivity contribution < 1.29 is 4.79 Å². The van der Waals surface area contributed by atoms with E-state index >= 15 is 0 Å². The van der Waals surface area contributed by atoms with Crippen molar-refractivity contribution in [1.82, 2.24) is 20.1 Å². The summed E-state index contributed by atoms with van der Waals surface area (Å²) in [5.74, 6) is 1.96. The van der Waals surface area contributed by atoms with E-state index in [2.05, 4.69) is 33.9 Å². The Hall–Kier alpha value is -1.34. The molecule has 2 heterocycles. The standard InChI is InChI=1S/C17H24N4OS2/c1-3-21-16(14-9-6-10-23-14)19-20-17(21)24-11-15(22)18-13-8-5-4-7-12(13)2/h6,9-10,12-13H,3-5,7-8,11H2,1-2H3,(H,18,22)/t12-,13-/m1/s1. The molecule has 2 aromatic heterocycles. The topological polar surface area (TPSA) is 59.8 Å². The van der Waals surface area contributed by atoms with Gasteiger partial charge in [0, 0.05) is 12.6 Å². The van der Waals surface area contributed by atoms with Crippen LogP contribution in [0.2, 0.25) is 0 Å². The van der Waals surface area contributed by atoms with Gasteiger partial charge < -0.3 is 9.88 Å². The molecule has 0 spiro atoms. The maximum absolute atomic E-state index is 12.3. The molecule has 1 N–H and O–H groups in total. The summed E-state index contributed by atoms with van der Waals surface area (Å²) in [6, 6.07) is 4.39. The zero-order chi connectivity index (χ0) is 16.9. The number of hydrogen-bond donors (Lipinski definition) is 1. The third-order valence-electron chi connectivity index (χ3n) is 4.56. The van der Waals surface area contributed by atoms with Crippen molar-refractivity contribution >= 4 is 29.0 Å². The molecule has 1 amide bonds. The van der Waals surface area contributed by atoms with Crippen molar-refractivity contribution in [3.05, 3.63) is 17.5 Å². The second kappa shape index (κ2) is 8.16. The van der Waals surface area contributed by atoms with Crippen LogP contribution in [-0.4, -0.2) is 32.5 Å². The van der Waals surface area contributed by atoms with Crippen LogP contribution in [-0.2, 0) is 11.3 Å². The van der Waals surface area contributed by atoms with Crippen molar-refractivity contribution in [2.24, 2.45) is 5.92 Å². The Morgan fingerprint density at radius 1 is 1.42 bits per heavy atom. The van der Waals surface area contributed by atoms with E-state index in [9.17, 15) is 4.79 Å². The summed E-state index contributed by atoms with van der Waals surface area (Å²) in [6.07, 6.45) is 4.82. The first kappa shape index (κ1) is 17.5. The molecule has 0 radical (unpaired) electrons. The van der Waals surface area contributed by atoms with Gasteiger partial charge in [-0.05, 0) is 37.1 Å². The van der Waals surface area contributed by atoms with Crippen LogP contribution in [0.15, 0.2) is 22.7 Å². The van der Waals surface area contributed by atoms with Gasteiger partial charge in [-0.3, -0.25) is 4.79 Å². The summed E-state index contributed by atoms with van der Waals surface area (Å²) in [4.78, 5) is 13.4. The largest absolute Gasteiger partial charge is 0.352 e. The second-order valence-electron chi connectivity index (χ2n) is 6.25. The molecule has 5 nitrogen and oxygen atoms in total. The molecule has 24 heavy (non-hydrogen) atoms. The molecule has 2 atom stereocenters. The Labute approximate surface area is 151 Å². The predicted molar refractivity (Wildman–Crippen MR) is 99.3 cm³/mol. The Kier molecular flexibility index (Phi) is 5.94. The lowest BCUT2D eigenvalue weighted by Gasteiger charge is -2.29. The van der Waals surface area contributed by atoms with Crippen molar-refractivity contribution in [3.8, 4) is 10.7 Å². The van der Waals surface area contributed by atoms with Gasteiger partial charge in [-0.1, -0.05) is 37.6 Å².